The molecule has 1 aliphatic heterocycles. The summed E-state index contributed by atoms with van der Waals surface area (Å²) in [6.45, 7) is 9.08. The van der Waals surface area contributed by atoms with Crippen molar-refractivity contribution in [2.45, 2.75) is 58.1 Å². The Hall–Kier alpha value is -2.34. The van der Waals surface area contributed by atoms with Crippen molar-refractivity contribution >= 4 is 17.5 Å². The van der Waals surface area contributed by atoms with E-state index in [9.17, 15) is 9.59 Å². The van der Waals surface area contributed by atoms with Crippen molar-refractivity contribution in [3.05, 3.63) is 57.5 Å². The lowest BCUT2D eigenvalue weighted by Crippen LogP contribution is -2.46. The molecule has 0 saturated carbocycles. The number of ether oxygens (including phenoxy) is 1. The Morgan fingerprint density at radius 1 is 1.17 bits per heavy atom. The van der Waals surface area contributed by atoms with E-state index < -0.39 is 6.10 Å². The average Bonchev–Trinajstić information content (AvgIpc) is 2.69. The summed E-state index contributed by atoms with van der Waals surface area (Å²) in [7, 11) is 0. The predicted molar refractivity (Wildman–Crippen MR) is 114 cm³/mol. The van der Waals surface area contributed by atoms with Crippen molar-refractivity contribution in [3.8, 4) is 5.75 Å². The molecule has 0 bridgehead atoms. The van der Waals surface area contributed by atoms with Gasteiger partial charge >= 0.3 is 0 Å². The second-order valence-corrected chi connectivity index (χ2v) is 8.91. The predicted octanol–water partition coefficient (Wildman–Crippen LogP) is 3.83. The molecule has 3 rings (SSSR count). The summed E-state index contributed by atoms with van der Waals surface area (Å²) in [6.07, 6.45) is 0.743. The third-order valence-electron chi connectivity index (χ3n) is 5.20. The van der Waals surface area contributed by atoms with Crippen LogP contribution in [0.1, 0.15) is 52.3 Å². The summed E-state index contributed by atoms with van der Waals surface area (Å²) in [4.78, 5) is 26.9. The first-order valence-electron chi connectivity index (χ1n) is 9.97. The van der Waals surface area contributed by atoms with Crippen molar-refractivity contribution in [2.75, 3.05) is 13.1 Å². The Labute approximate surface area is 176 Å². The molecule has 1 fully saturated rings. The summed E-state index contributed by atoms with van der Waals surface area (Å²) in [5.41, 5.74) is 0.660. The van der Waals surface area contributed by atoms with Crippen LogP contribution in [0, 0.1) is 0 Å². The molecule has 2 aromatic rings. The van der Waals surface area contributed by atoms with Crippen LogP contribution in [0.15, 0.2) is 41.2 Å². The van der Waals surface area contributed by atoms with Gasteiger partial charge in [-0.2, -0.15) is 5.10 Å². The molecule has 0 N–H and O–H groups in total. The average molecular weight is 418 g/mol. The van der Waals surface area contributed by atoms with E-state index in [1.54, 1.807) is 40.8 Å². The van der Waals surface area contributed by atoms with Gasteiger partial charge in [-0.25, -0.2) is 4.68 Å². The molecular formula is C22H28ClN3O3. The molecule has 0 radical (unpaired) electrons. The lowest BCUT2D eigenvalue weighted by atomic mass is 9.92. The topological polar surface area (TPSA) is 64.4 Å². The molecule has 1 aromatic heterocycles. The number of carbonyl (C=O) groups is 1. The summed E-state index contributed by atoms with van der Waals surface area (Å²) in [5, 5.41) is 5.08. The zero-order chi connectivity index (χ0) is 21.2. The van der Waals surface area contributed by atoms with E-state index in [-0.39, 0.29) is 22.9 Å². The lowest BCUT2D eigenvalue weighted by molar-refractivity contribution is -0.139. The maximum absolute atomic E-state index is 12.8. The minimum atomic E-state index is -0.628. The number of halogens is 1. The van der Waals surface area contributed by atoms with Crippen LogP contribution in [0.5, 0.6) is 5.75 Å². The van der Waals surface area contributed by atoms with Gasteiger partial charge in [-0.15, -0.1) is 0 Å². The van der Waals surface area contributed by atoms with E-state index in [1.165, 1.54) is 0 Å². The van der Waals surface area contributed by atoms with Crippen LogP contribution in [0.25, 0.3) is 0 Å². The van der Waals surface area contributed by atoms with Gasteiger partial charge in [0.05, 0.1) is 16.8 Å². The van der Waals surface area contributed by atoms with Crippen molar-refractivity contribution in [1.29, 1.82) is 0 Å². The SMILES string of the molecule is CC(Oc1ccccc1Cl)C(=O)N1CCC(n2nc(C(C)(C)C)ccc2=O)CC1. The molecule has 1 unspecified atom stereocenters. The van der Waals surface area contributed by atoms with Gasteiger partial charge in [-0.1, -0.05) is 44.5 Å². The van der Waals surface area contributed by atoms with Crippen LogP contribution in [-0.2, 0) is 10.2 Å². The van der Waals surface area contributed by atoms with E-state index in [0.717, 1.165) is 5.69 Å². The van der Waals surface area contributed by atoms with Gasteiger partial charge in [0.1, 0.15) is 5.75 Å². The Bertz CT molecular complexity index is 927. The van der Waals surface area contributed by atoms with Crippen molar-refractivity contribution in [3.63, 3.8) is 0 Å². The van der Waals surface area contributed by atoms with Gasteiger partial charge in [-0.3, -0.25) is 9.59 Å². The zero-order valence-corrected chi connectivity index (χ0v) is 18.1. The quantitative estimate of drug-likeness (QED) is 0.758. The first-order chi connectivity index (χ1) is 13.7. The number of carbonyl (C=O) groups excluding carboxylic acids is 1. The molecule has 0 aliphatic carbocycles. The smallest absolute Gasteiger partial charge is 0.267 e. The number of aromatic nitrogens is 2. The number of hydrogen-bond donors (Lipinski definition) is 0. The van der Waals surface area contributed by atoms with Crippen LogP contribution in [-0.4, -0.2) is 39.8 Å². The van der Waals surface area contributed by atoms with Gasteiger partial charge in [-0.05, 0) is 38.0 Å². The molecule has 1 aliphatic rings. The largest absolute Gasteiger partial charge is 0.479 e. The van der Waals surface area contributed by atoms with Crippen molar-refractivity contribution < 1.29 is 9.53 Å². The zero-order valence-electron chi connectivity index (χ0n) is 17.4. The maximum atomic E-state index is 12.8. The number of hydrogen-bond acceptors (Lipinski definition) is 4. The Balaban J connectivity index is 1.64. The Kier molecular flexibility index (Phi) is 6.32. The van der Waals surface area contributed by atoms with Crippen LogP contribution >= 0.6 is 11.6 Å². The number of nitrogens with zero attached hydrogens (tertiary/aromatic N) is 3. The van der Waals surface area contributed by atoms with Crippen LogP contribution < -0.4 is 10.3 Å². The second-order valence-electron chi connectivity index (χ2n) is 8.50. The first-order valence-corrected chi connectivity index (χ1v) is 10.3. The minimum Gasteiger partial charge on any atom is -0.479 e. The molecule has 156 valence electrons. The maximum Gasteiger partial charge on any atom is 0.267 e. The number of para-hydroxylation sites is 1. The number of likely N-dealkylation sites (tertiary alicyclic amines) is 1. The van der Waals surface area contributed by atoms with Crippen LogP contribution in [0.4, 0.5) is 0 Å². The normalized spacial score (nSPS) is 16.5. The van der Waals surface area contributed by atoms with E-state index in [1.807, 2.05) is 12.1 Å². The molecule has 7 heteroatoms. The van der Waals surface area contributed by atoms with E-state index >= 15 is 0 Å². The van der Waals surface area contributed by atoms with Gasteiger partial charge in [0.2, 0.25) is 0 Å². The third kappa shape index (κ3) is 4.99. The molecule has 1 amide bonds. The molecule has 0 spiro atoms. The highest BCUT2D eigenvalue weighted by Crippen LogP contribution is 2.26. The molecule has 2 heterocycles. The molecule has 1 atom stereocenters. The van der Waals surface area contributed by atoms with Gasteiger partial charge in [0, 0.05) is 24.6 Å². The third-order valence-corrected chi connectivity index (χ3v) is 5.52. The Morgan fingerprint density at radius 2 is 1.83 bits per heavy atom. The standard InChI is InChI=1S/C22H28ClN3O3/c1-15(29-18-8-6-5-7-17(18)23)21(28)25-13-11-16(12-14-25)26-20(27)10-9-19(24-26)22(2,3)4/h5-10,15-16H,11-14H2,1-4H3. The monoisotopic (exact) mass is 417 g/mol. The number of benzene rings is 1. The minimum absolute atomic E-state index is 0.00589. The second kappa shape index (κ2) is 8.57. The van der Waals surface area contributed by atoms with Crippen molar-refractivity contribution in [1.82, 2.24) is 14.7 Å². The Morgan fingerprint density at radius 3 is 2.45 bits per heavy atom. The molecule has 1 aromatic carbocycles. The fourth-order valence-corrected chi connectivity index (χ4v) is 3.64. The van der Waals surface area contributed by atoms with Crippen LogP contribution in [0.3, 0.4) is 0 Å². The molecular weight excluding hydrogens is 390 g/mol. The fraction of sp³-hybridized carbons (Fsp3) is 0.500. The van der Waals surface area contributed by atoms with E-state index in [2.05, 4.69) is 25.9 Å². The fourth-order valence-electron chi connectivity index (χ4n) is 3.46. The van der Waals surface area contributed by atoms with E-state index in [0.29, 0.717) is 36.7 Å². The summed E-state index contributed by atoms with van der Waals surface area (Å²) < 4.78 is 7.34. The van der Waals surface area contributed by atoms with Crippen molar-refractivity contribution in [2.24, 2.45) is 0 Å². The van der Waals surface area contributed by atoms with Gasteiger partial charge in [0.25, 0.3) is 11.5 Å². The number of piperidine rings is 1. The highest BCUT2D eigenvalue weighted by atomic mass is 35.5. The van der Waals surface area contributed by atoms with Gasteiger partial charge < -0.3 is 9.64 Å². The highest BCUT2D eigenvalue weighted by Gasteiger charge is 2.29. The summed E-state index contributed by atoms with van der Waals surface area (Å²) >= 11 is 6.12. The summed E-state index contributed by atoms with van der Waals surface area (Å²) in [5.74, 6) is 0.423. The molecule has 6 nitrogen and oxygen atoms in total. The number of amides is 1. The van der Waals surface area contributed by atoms with Gasteiger partial charge in [0.15, 0.2) is 6.10 Å². The summed E-state index contributed by atoms with van der Waals surface area (Å²) in [6, 6.07) is 10.5. The first kappa shape index (κ1) is 21.4. The molecule has 29 heavy (non-hydrogen) atoms. The highest BCUT2D eigenvalue weighted by molar-refractivity contribution is 6.32. The lowest BCUT2D eigenvalue weighted by Gasteiger charge is -2.34. The van der Waals surface area contributed by atoms with Crippen LogP contribution in [0.2, 0.25) is 5.02 Å². The van der Waals surface area contributed by atoms with E-state index in [4.69, 9.17) is 16.3 Å². The molecule has 1 saturated heterocycles. The number of rotatable bonds is 4.